The molecule has 0 saturated carbocycles. The average molecular weight is 298 g/mol. The highest BCUT2D eigenvalue weighted by molar-refractivity contribution is 5.21. The number of halogens is 2. The summed E-state index contributed by atoms with van der Waals surface area (Å²) in [5.74, 6) is -1.86. The van der Waals surface area contributed by atoms with Crippen LogP contribution in [0, 0.1) is 11.6 Å². The van der Waals surface area contributed by atoms with Crippen LogP contribution < -0.4 is 0 Å². The Labute approximate surface area is 125 Å². The predicted molar refractivity (Wildman–Crippen MR) is 79.1 cm³/mol. The van der Waals surface area contributed by atoms with Crippen molar-refractivity contribution >= 4 is 0 Å². The van der Waals surface area contributed by atoms with Crippen molar-refractivity contribution in [1.82, 2.24) is 9.80 Å². The molecule has 1 aromatic rings. The first kappa shape index (κ1) is 16.3. The normalized spacial score (nSPS) is 21.1. The standard InChI is InChI=1S/C16H24F2N2O/c1-3-20-9-5-6-12(20)10-19(2)11-15(21)13-7-4-8-14(17)16(13)18/h4,7-8,12,15,21H,3,5-6,9-11H2,1-2H3. The Morgan fingerprint density at radius 2 is 2.19 bits per heavy atom. The van der Waals surface area contributed by atoms with Crippen LogP contribution in [0.1, 0.15) is 31.4 Å². The monoisotopic (exact) mass is 298 g/mol. The minimum absolute atomic E-state index is 0.0284. The van der Waals surface area contributed by atoms with E-state index < -0.39 is 17.7 Å². The maximum atomic E-state index is 13.7. The first-order chi connectivity index (χ1) is 10.0. The topological polar surface area (TPSA) is 26.7 Å². The summed E-state index contributed by atoms with van der Waals surface area (Å²) < 4.78 is 26.9. The molecular weight excluding hydrogens is 274 g/mol. The van der Waals surface area contributed by atoms with Crippen LogP contribution in [-0.2, 0) is 0 Å². The van der Waals surface area contributed by atoms with Gasteiger partial charge in [0, 0.05) is 24.7 Å². The molecule has 2 atom stereocenters. The lowest BCUT2D eigenvalue weighted by molar-refractivity contribution is 0.106. The molecular formula is C16H24F2N2O. The van der Waals surface area contributed by atoms with Gasteiger partial charge >= 0.3 is 0 Å². The zero-order valence-electron chi connectivity index (χ0n) is 12.7. The van der Waals surface area contributed by atoms with Gasteiger partial charge in [-0.15, -0.1) is 0 Å². The molecule has 1 heterocycles. The molecule has 0 spiro atoms. The first-order valence-electron chi connectivity index (χ1n) is 7.57. The van der Waals surface area contributed by atoms with Gasteiger partial charge in [-0.25, -0.2) is 8.78 Å². The lowest BCUT2D eigenvalue weighted by Crippen LogP contribution is -2.40. The number of aliphatic hydroxyl groups is 1. The lowest BCUT2D eigenvalue weighted by Gasteiger charge is -2.29. The van der Waals surface area contributed by atoms with Gasteiger partial charge in [0.2, 0.25) is 0 Å². The number of likely N-dealkylation sites (N-methyl/N-ethyl adjacent to an activating group) is 2. The van der Waals surface area contributed by atoms with Crippen molar-refractivity contribution in [3.8, 4) is 0 Å². The van der Waals surface area contributed by atoms with Crippen molar-refractivity contribution in [2.75, 3.05) is 33.2 Å². The Balaban J connectivity index is 1.92. The number of likely N-dealkylation sites (tertiary alicyclic amines) is 1. The molecule has 1 aliphatic rings. The Morgan fingerprint density at radius 3 is 2.90 bits per heavy atom. The van der Waals surface area contributed by atoms with Crippen molar-refractivity contribution in [3.05, 3.63) is 35.4 Å². The Bertz CT molecular complexity index is 470. The molecule has 0 aliphatic carbocycles. The summed E-state index contributed by atoms with van der Waals surface area (Å²) in [5.41, 5.74) is 0.0284. The van der Waals surface area contributed by atoms with Crippen LogP contribution >= 0.6 is 0 Å². The molecule has 0 radical (unpaired) electrons. The van der Waals surface area contributed by atoms with Gasteiger partial charge in [0.15, 0.2) is 11.6 Å². The second kappa shape index (κ2) is 7.29. The molecule has 2 unspecified atom stereocenters. The van der Waals surface area contributed by atoms with Crippen molar-refractivity contribution < 1.29 is 13.9 Å². The summed E-state index contributed by atoms with van der Waals surface area (Å²) >= 11 is 0. The third kappa shape index (κ3) is 3.99. The molecule has 2 rings (SSSR count). The molecule has 0 aromatic heterocycles. The molecule has 1 N–H and O–H groups in total. The van der Waals surface area contributed by atoms with Crippen molar-refractivity contribution in [2.24, 2.45) is 0 Å². The smallest absolute Gasteiger partial charge is 0.164 e. The van der Waals surface area contributed by atoms with E-state index in [1.165, 1.54) is 18.6 Å². The molecule has 1 fully saturated rings. The Hall–Kier alpha value is -1.04. The van der Waals surface area contributed by atoms with Gasteiger partial charge in [0.05, 0.1) is 6.10 Å². The Morgan fingerprint density at radius 1 is 1.43 bits per heavy atom. The van der Waals surface area contributed by atoms with Crippen molar-refractivity contribution in [1.29, 1.82) is 0 Å². The SMILES string of the molecule is CCN1CCCC1CN(C)CC(O)c1cccc(F)c1F. The minimum atomic E-state index is -1.01. The van der Waals surface area contributed by atoms with Gasteiger partial charge in [-0.2, -0.15) is 0 Å². The maximum Gasteiger partial charge on any atom is 0.164 e. The van der Waals surface area contributed by atoms with E-state index >= 15 is 0 Å². The molecule has 0 bridgehead atoms. The molecule has 5 heteroatoms. The van der Waals surface area contributed by atoms with Gasteiger partial charge < -0.3 is 10.0 Å². The van der Waals surface area contributed by atoms with Crippen LogP contribution in [0.3, 0.4) is 0 Å². The molecule has 21 heavy (non-hydrogen) atoms. The summed E-state index contributed by atoms with van der Waals surface area (Å²) in [5, 5.41) is 10.1. The molecule has 1 aromatic carbocycles. The third-order valence-corrected chi connectivity index (χ3v) is 4.25. The maximum absolute atomic E-state index is 13.7. The van der Waals surface area contributed by atoms with E-state index in [2.05, 4.69) is 11.8 Å². The lowest BCUT2D eigenvalue weighted by atomic mass is 10.1. The van der Waals surface area contributed by atoms with Crippen LogP contribution in [0.2, 0.25) is 0 Å². The second-order valence-corrected chi connectivity index (χ2v) is 5.80. The largest absolute Gasteiger partial charge is 0.387 e. The number of aliphatic hydroxyl groups excluding tert-OH is 1. The van der Waals surface area contributed by atoms with E-state index in [4.69, 9.17) is 0 Å². The number of nitrogens with zero attached hydrogens (tertiary/aromatic N) is 2. The van der Waals surface area contributed by atoms with Gasteiger partial charge in [-0.3, -0.25) is 4.90 Å². The summed E-state index contributed by atoms with van der Waals surface area (Å²) in [6.45, 7) is 5.43. The number of hydrogen-bond donors (Lipinski definition) is 1. The first-order valence-corrected chi connectivity index (χ1v) is 7.57. The number of benzene rings is 1. The van der Waals surface area contributed by atoms with Gasteiger partial charge in [0.25, 0.3) is 0 Å². The fourth-order valence-electron chi connectivity index (χ4n) is 3.12. The summed E-state index contributed by atoms with van der Waals surface area (Å²) in [4.78, 5) is 4.42. The van der Waals surface area contributed by atoms with Crippen LogP contribution in [0.25, 0.3) is 0 Å². The average Bonchev–Trinajstić information content (AvgIpc) is 2.88. The van der Waals surface area contributed by atoms with E-state index in [1.54, 1.807) is 0 Å². The van der Waals surface area contributed by atoms with Crippen LogP contribution in [0.15, 0.2) is 18.2 Å². The van der Waals surface area contributed by atoms with Gasteiger partial charge in [-0.05, 0) is 39.0 Å². The fourth-order valence-corrected chi connectivity index (χ4v) is 3.12. The van der Waals surface area contributed by atoms with E-state index in [0.717, 1.165) is 32.1 Å². The van der Waals surface area contributed by atoms with Crippen molar-refractivity contribution in [2.45, 2.75) is 31.9 Å². The molecule has 1 saturated heterocycles. The summed E-state index contributed by atoms with van der Waals surface area (Å²) in [6, 6.07) is 4.41. The second-order valence-electron chi connectivity index (χ2n) is 5.80. The fraction of sp³-hybridized carbons (Fsp3) is 0.625. The Kier molecular flexibility index (Phi) is 5.67. The molecule has 1 aliphatic heterocycles. The van der Waals surface area contributed by atoms with Gasteiger partial charge in [-0.1, -0.05) is 19.1 Å². The number of rotatable bonds is 6. The molecule has 118 valence electrons. The summed E-state index contributed by atoms with van der Waals surface area (Å²) in [7, 11) is 1.91. The molecule has 3 nitrogen and oxygen atoms in total. The van der Waals surface area contributed by atoms with Crippen LogP contribution in [0.4, 0.5) is 8.78 Å². The third-order valence-electron chi connectivity index (χ3n) is 4.25. The minimum Gasteiger partial charge on any atom is -0.387 e. The molecule has 0 amide bonds. The van der Waals surface area contributed by atoms with E-state index in [0.29, 0.717) is 12.6 Å². The highest BCUT2D eigenvalue weighted by atomic mass is 19.2. The van der Waals surface area contributed by atoms with Crippen LogP contribution in [-0.4, -0.2) is 54.2 Å². The summed E-state index contributed by atoms with van der Waals surface area (Å²) in [6.07, 6.45) is 1.35. The van der Waals surface area contributed by atoms with Crippen molar-refractivity contribution in [3.63, 3.8) is 0 Å². The van der Waals surface area contributed by atoms with E-state index in [1.807, 2.05) is 11.9 Å². The zero-order valence-corrected chi connectivity index (χ0v) is 12.7. The quantitative estimate of drug-likeness (QED) is 0.874. The zero-order chi connectivity index (χ0) is 15.4. The highest BCUT2D eigenvalue weighted by Crippen LogP contribution is 2.21. The van der Waals surface area contributed by atoms with Crippen LogP contribution in [0.5, 0.6) is 0 Å². The van der Waals surface area contributed by atoms with E-state index in [9.17, 15) is 13.9 Å². The highest BCUT2D eigenvalue weighted by Gasteiger charge is 2.25. The van der Waals surface area contributed by atoms with E-state index in [-0.39, 0.29) is 5.56 Å². The van der Waals surface area contributed by atoms with Gasteiger partial charge in [0.1, 0.15) is 0 Å². The number of hydrogen-bond acceptors (Lipinski definition) is 3. The predicted octanol–water partition coefficient (Wildman–Crippen LogP) is 2.41.